The van der Waals surface area contributed by atoms with Crippen molar-refractivity contribution in [3.8, 4) is 5.75 Å². The minimum absolute atomic E-state index is 0.265. The molecule has 23 heavy (non-hydrogen) atoms. The second-order valence-corrected chi connectivity index (χ2v) is 6.25. The fraction of sp³-hybridized carbons (Fsp3) is 0.167. The molecule has 4 nitrogen and oxygen atoms in total. The van der Waals surface area contributed by atoms with E-state index < -0.39 is 0 Å². The number of anilines is 1. The van der Waals surface area contributed by atoms with Crippen molar-refractivity contribution in [3.63, 3.8) is 0 Å². The highest BCUT2D eigenvalue weighted by atomic mass is 79.9. The van der Waals surface area contributed by atoms with E-state index in [9.17, 15) is 4.79 Å². The third-order valence-electron chi connectivity index (χ3n) is 3.80. The van der Waals surface area contributed by atoms with Crippen molar-refractivity contribution < 1.29 is 13.9 Å². The molecule has 3 rings (SSSR count). The molecule has 5 heteroatoms. The molecule has 1 aromatic heterocycles. The van der Waals surface area contributed by atoms with Crippen LogP contribution in [0.1, 0.15) is 21.7 Å². The van der Waals surface area contributed by atoms with Crippen molar-refractivity contribution in [1.82, 2.24) is 0 Å². The van der Waals surface area contributed by atoms with Crippen molar-refractivity contribution in [2.24, 2.45) is 0 Å². The lowest BCUT2D eigenvalue weighted by Crippen LogP contribution is -2.13. The number of rotatable bonds is 3. The van der Waals surface area contributed by atoms with Crippen molar-refractivity contribution in [1.29, 1.82) is 0 Å². The number of carbonyl (C=O) groups is 1. The first-order chi connectivity index (χ1) is 11.0. The molecule has 0 atom stereocenters. The zero-order chi connectivity index (χ0) is 16.6. The molecule has 0 spiro atoms. The Hall–Kier alpha value is -2.27. The van der Waals surface area contributed by atoms with Crippen molar-refractivity contribution in [3.05, 3.63) is 57.8 Å². The van der Waals surface area contributed by atoms with E-state index in [1.54, 1.807) is 7.11 Å². The Morgan fingerprint density at radius 1 is 1.17 bits per heavy atom. The summed E-state index contributed by atoms with van der Waals surface area (Å²) in [5.74, 6) is 0.780. The van der Waals surface area contributed by atoms with Crippen LogP contribution in [0.4, 0.5) is 5.69 Å². The summed E-state index contributed by atoms with van der Waals surface area (Å²) >= 11 is 3.41. The summed E-state index contributed by atoms with van der Waals surface area (Å²) in [6.45, 7) is 3.81. The van der Waals surface area contributed by atoms with Gasteiger partial charge in [-0.3, -0.25) is 4.79 Å². The van der Waals surface area contributed by atoms with Crippen molar-refractivity contribution >= 4 is 38.5 Å². The number of hydrogen-bond acceptors (Lipinski definition) is 3. The van der Waals surface area contributed by atoms with Crippen LogP contribution >= 0.6 is 15.9 Å². The molecular weight excluding hydrogens is 358 g/mol. The quantitative estimate of drug-likeness (QED) is 0.696. The molecule has 1 heterocycles. The maximum atomic E-state index is 12.6. The predicted octanol–water partition coefficient (Wildman–Crippen LogP) is 5.07. The topological polar surface area (TPSA) is 51.5 Å². The number of hydrogen-bond donors (Lipinski definition) is 1. The van der Waals surface area contributed by atoms with Gasteiger partial charge in [0.15, 0.2) is 5.76 Å². The molecule has 0 aliphatic heterocycles. The lowest BCUT2D eigenvalue weighted by molar-refractivity contribution is 0.0998. The number of nitrogens with one attached hydrogen (secondary N) is 1. The number of amides is 1. The number of ether oxygens (including phenoxy) is 1. The molecule has 3 aromatic rings. The minimum atomic E-state index is -0.265. The zero-order valence-electron chi connectivity index (χ0n) is 13.1. The van der Waals surface area contributed by atoms with E-state index in [4.69, 9.17) is 9.15 Å². The second-order valence-electron chi connectivity index (χ2n) is 5.33. The summed E-state index contributed by atoms with van der Waals surface area (Å²) in [4.78, 5) is 12.6. The first-order valence-electron chi connectivity index (χ1n) is 7.14. The summed E-state index contributed by atoms with van der Waals surface area (Å²) in [7, 11) is 1.61. The predicted molar refractivity (Wildman–Crippen MR) is 94.3 cm³/mol. The van der Waals surface area contributed by atoms with Gasteiger partial charge in [-0.25, -0.2) is 0 Å². The molecule has 0 aliphatic rings. The van der Waals surface area contributed by atoms with Crippen molar-refractivity contribution in [2.45, 2.75) is 13.8 Å². The van der Waals surface area contributed by atoms with Gasteiger partial charge in [0, 0.05) is 21.1 Å². The Bertz CT molecular complexity index is 899. The van der Waals surface area contributed by atoms with Gasteiger partial charge < -0.3 is 14.5 Å². The zero-order valence-corrected chi connectivity index (χ0v) is 14.7. The highest BCUT2D eigenvalue weighted by molar-refractivity contribution is 9.10. The molecular formula is C18H16BrNO3. The molecule has 1 N–H and O–H groups in total. The van der Waals surface area contributed by atoms with Crippen LogP contribution in [-0.2, 0) is 0 Å². The molecule has 0 bridgehead atoms. The van der Waals surface area contributed by atoms with Crippen LogP contribution < -0.4 is 10.1 Å². The third-order valence-corrected chi connectivity index (χ3v) is 4.29. The van der Waals surface area contributed by atoms with E-state index >= 15 is 0 Å². The number of fused-ring (bicyclic) bond motifs is 1. The van der Waals surface area contributed by atoms with E-state index in [0.29, 0.717) is 11.3 Å². The van der Waals surface area contributed by atoms with Crippen LogP contribution in [0.25, 0.3) is 11.0 Å². The molecule has 1 amide bonds. The van der Waals surface area contributed by atoms with Gasteiger partial charge in [-0.1, -0.05) is 22.0 Å². The van der Waals surface area contributed by atoms with Crippen LogP contribution in [-0.4, -0.2) is 13.0 Å². The Kier molecular flexibility index (Phi) is 4.13. The standard InChI is InChI=1S/C18H16BrNO3/c1-10-4-5-12(19)8-15(10)20-18(21)17-11(2)14-9-13(22-3)6-7-16(14)23-17/h4-9H,1-3H3,(H,20,21). The first kappa shape index (κ1) is 15.6. The lowest BCUT2D eigenvalue weighted by atomic mass is 10.1. The average molecular weight is 374 g/mol. The SMILES string of the molecule is COc1ccc2oc(C(=O)Nc3cc(Br)ccc3C)c(C)c2c1. The number of methoxy groups -OCH3 is 1. The summed E-state index contributed by atoms with van der Waals surface area (Å²) in [6, 6.07) is 11.2. The van der Waals surface area contributed by atoms with Gasteiger partial charge in [-0.05, 0) is 49.7 Å². The molecule has 0 unspecified atom stereocenters. The lowest BCUT2D eigenvalue weighted by Gasteiger charge is -2.08. The van der Waals surface area contributed by atoms with Crippen LogP contribution in [0, 0.1) is 13.8 Å². The first-order valence-corrected chi connectivity index (χ1v) is 7.93. The Morgan fingerprint density at radius 2 is 1.96 bits per heavy atom. The molecule has 0 fully saturated rings. The van der Waals surface area contributed by atoms with Gasteiger partial charge in [0.25, 0.3) is 5.91 Å². The van der Waals surface area contributed by atoms with Gasteiger partial charge in [0.2, 0.25) is 0 Å². The largest absolute Gasteiger partial charge is 0.497 e. The van der Waals surface area contributed by atoms with Gasteiger partial charge >= 0.3 is 0 Å². The number of furan rings is 1. The Labute approximate surface area is 142 Å². The van der Waals surface area contributed by atoms with E-state index in [-0.39, 0.29) is 5.91 Å². The number of carbonyl (C=O) groups excluding carboxylic acids is 1. The van der Waals surface area contributed by atoms with Gasteiger partial charge in [0.05, 0.1) is 7.11 Å². The third kappa shape index (κ3) is 2.97. The smallest absolute Gasteiger partial charge is 0.291 e. The molecule has 0 radical (unpaired) electrons. The highest BCUT2D eigenvalue weighted by Crippen LogP contribution is 2.30. The molecule has 2 aromatic carbocycles. The van der Waals surface area contributed by atoms with Gasteiger partial charge in [-0.15, -0.1) is 0 Å². The Balaban J connectivity index is 1.97. The summed E-state index contributed by atoms with van der Waals surface area (Å²) in [5.41, 5.74) is 3.20. The Morgan fingerprint density at radius 3 is 2.70 bits per heavy atom. The maximum Gasteiger partial charge on any atom is 0.291 e. The van der Waals surface area contributed by atoms with Crippen LogP contribution in [0.2, 0.25) is 0 Å². The monoisotopic (exact) mass is 373 g/mol. The summed E-state index contributed by atoms with van der Waals surface area (Å²) in [5, 5.41) is 3.78. The van der Waals surface area contributed by atoms with Crippen LogP contribution in [0.5, 0.6) is 5.75 Å². The van der Waals surface area contributed by atoms with Gasteiger partial charge in [-0.2, -0.15) is 0 Å². The fourth-order valence-electron chi connectivity index (χ4n) is 2.45. The maximum absolute atomic E-state index is 12.6. The number of halogens is 1. The van der Waals surface area contributed by atoms with E-state index in [0.717, 1.165) is 32.4 Å². The van der Waals surface area contributed by atoms with Crippen molar-refractivity contribution in [2.75, 3.05) is 12.4 Å². The van der Waals surface area contributed by atoms with E-state index in [2.05, 4.69) is 21.2 Å². The van der Waals surface area contributed by atoms with Crippen LogP contribution in [0.15, 0.2) is 45.3 Å². The fourth-order valence-corrected chi connectivity index (χ4v) is 2.81. The number of benzene rings is 2. The normalized spacial score (nSPS) is 10.8. The summed E-state index contributed by atoms with van der Waals surface area (Å²) < 4.78 is 11.9. The second kappa shape index (κ2) is 6.08. The molecule has 0 saturated heterocycles. The molecule has 0 saturated carbocycles. The minimum Gasteiger partial charge on any atom is -0.497 e. The van der Waals surface area contributed by atoms with E-state index in [1.165, 1.54) is 0 Å². The summed E-state index contributed by atoms with van der Waals surface area (Å²) in [6.07, 6.45) is 0. The highest BCUT2D eigenvalue weighted by Gasteiger charge is 2.18. The molecule has 118 valence electrons. The van der Waals surface area contributed by atoms with Gasteiger partial charge in [0.1, 0.15) is 11.3 Å². The number of aryl methyl sites for hydroxylation is 2. The van der Waals surface area contributed by atoms with Crippen LogP contribution in [0.3, 0.4) is 0 Å². The molecule has 0 aliphatic carbocycles. The average Bonchev–Trinajstić information content (AvgIpc) is 2.87. The van der Waals surface area contributed by atoms with E-state index in [1.807, 2.05) is 50.2 Å².